The van der Waals surface area contributed by atoms with Crippen molar-refractivity contribution in [2.24, 2.45) is 5.73 Å². The number of benzene rings is 1. The first kappa shape index (κ1) is 17.2. The minimum atomic E-state index is -0.880. The fraction of sp³-hybridized carbons (Fsp3) is 0.467. The third kappa shape index (κ3) is 4.90. The predicted molar refractivity (Wildman–Crippen MR) is 79.8 cm³/mol. The smallest absolute Gasteiger partial charge is 0.325 e. The number of carbonyl (C=O) groups is 2. The predicted octanol–water partition coefficient (Wildman–Crippen LogP) is 1.57. The number of primary amides is 1. The van der Waals surface area contributed by atoms with Gasteiger partial charge < -0.3 is 20.5 Å². The molecule has 2 rings (SSSR count). The van der Waals surface area contributed by atoms with E-state index in [1.54, 1.807) is 26.0 Å². The third-order valence-electron chi connectivity index (χ3n) is 3.32. The molecule has 1 heterocycles. The number of rotatable bonds is 4. The molecule has 7 nitrogen and oxygen atoms in total. The van der Waals surface area contributed by atoms with Crippen molar-refractivity contribution in [3.8, 4) is 0 Å². The van der Waals surface area contributed by atoms with E-state index in [0.29, 0.717) is 5.56 Å². The van der Waals surface area contributed by atoms with E-state index in [1.165, 1.54) is 12.1 Å². The second-order valence-corrected chi connectivity index (χ2v) is 5.68. The molecule has 23 heavy (non-hydrogen) atoms. The van der Waals surface area contributed by atoms with Crippen LogP contribution < -0.4 is 11.1 Å². The molecule has 0 bridgehead atoms. The molecular weight excluding hydrogens is 305 g/mol. The van der Waals surface area contributed by atoms with E-state index >= 15 is 0 Å². The molecule has 3 N–H and O–H groups in total. The van der Waals surface area contributed by atoms with Crippen LogP contribution in [0.15, 0.2) is 24.3 Å². The van der Waals surface area contributed by atoms with Crippen molar-refractivity contribution in [2.75, 3.05) is 13.2 Å². The summed E-state index contributed by atoms with van der Waals surface area (Å²) in [6.45, 7) is 3.90. The van der Waals surface area contributed by atoms with Crippen molar-refractivity contribution in [3.63, 3.8) is 0 Å². The Balaban J connectivity index is 1.91. The van der Waals surface area contributed by atoms with Crippen LogP contribution in [0.25, 0.3) is 0 Å². The van der Waals surface area contributed by atoms with Crippen LogP contribution in [0.1, 0.15) is 19.4 Å². The van der Waals surface area contributed by atoms with Crippen LogP contribution in [0.4, 0.5) is 14.0 Å². The van der Waals surface area contributed by atoms with E-state index in [0.717, 1.165) is 4.90 Å². The largest absolute Gasteiger partial charge is 0.351 e. The Morgan fingerprint density at radius 2 is 2.04 bits per heavy atom. The highest BCUT2D eigenvalue weighted by atomic mass is 19.1. The lowest BCUT2D eigenvalue weighted by molar-refractivity contribution is -0.139. The SMILES string of the molecule is CC1(C)OC[C@H](CN(C(N)=O)C(=O)NCc2ccc(F)cc2)O1. The maximum Gasteiger partial charge on any atom is 0.325 e. The molecule has 1 saturated heterocycles. The zero-order chi connectivity index (χ0) is 17.0. The van der Waals surface area contributed by atoms with Crippen molar-refractivity contribution >= 4 is 12.1 Å². The van der Waals surface area contributed by atoms with Crippen LogP contribution in [0.5, 0.6) is 0 Å². The molecule has 8 heteroatoms. The molecule has 1 atom stereocenters. The molecule has 0 aliphatic carbocycles. The van der Waals surface area contributed by atoms with Crippen LogP contribution in [-0.4, -0.2) is 42.0 Å². The molecule has 0 unspecified atom stereocenters. The van der Waals surface area contributed by atoms with Gasteiger partial charge in [0.1, 0.15) is 11.9 Å². The lowest BCUT2D eigenvalue weighted by Crippen LogP contribution is -2.49. The van der Waals surface area contributed by atoms with Gasteiger partial charge in [0.25, 0.3) is 0 Å². The Labute approximate surface area is 133 Å². The van der Waals surface area contributed by atoms with Gasteiger partial charge in [-0.15, -0.1) is 0 Å². The molecule has 1 aromatic rings. The zero-order valence-corrected chi connectivity index (χ0v) is 13.0. The average molecular weight is 325 g/mol. The molecular formula is C15H20FN3O4. The Morgan fingerprint density at radius 1 is 1.39 bits per heavy atom. The first-order chi connectivity index (χ1) is 10.8. The van der Waals surface area contributed by atoms with Gasteiger partial charge in [0, 0.05) is 6.54 Å². The normalized spacial score (nSPS) is 19.3. The quantitative estimate of drug-likeness (QED) is 0.878. The summed E-state index contributed by atoms with van der Waals surface area (Å²) in [5.74, 6) is -1.11. The lowest BCUT2D eigenvalue weighted by atomic mass is 10.2. The van der Waals surface area contributed by atoms with E-state index in [1.807, 2.05) is 0 Å². The number of nitrogens with zero attached hydrogens (tertiary/aromatic N) is 1. The molecule has 1 aliphatic rings. The van der Waals surface area contributed by atoms with E-state index in [4.69, 9.17) is 15.2 Å². The van der Waals surface area contributed by atoms with Gasteiger partial charge in [-0.05, 0) is 31.5 Å². The number of hydrogen-bond donors (Lipinski definition) is 2. The van der Waals surface area contributed by atoms with Crippen molar-refractivity contribution < 1.29 is 23.5 Å². The first-order valence-corrected chi connectivity index (χ1v) is 7.18. The fourth-order valence-corrected chi connectivity index (χ4v) is 2.20. The minimum Gasteiger partial charge on any atom is -0.351 e. The van der Waals surface area contributed by atoms with Gasteiger partial charge in [0.15, 0.2) is 5.79 Å². The Kier molecular flexibility index (Phi) is 5.17. The molecule has 126 valence electrons. The Hall–Kier alpha value is -2.19. The maximum atomic E-state index is 12.8. The van der Waals surface area contributed by atoms with E-state index in [9.17, 15) is 14.0 Å². The van der Waals surface area contributed by atoms with Gasteiger partial charge in [0.2, 0.25) is 0 Å². The molecule has 1 fully saturated rings. The monoisotopic (exact) mass is 325 g/mol. The topological polar surface area (TPSA) is 93.9 Å². The third-order valence-corrected chi connectivity index (χ3v) is 3.32. The van der Waals surface area contributed by atoms with Crippen molar-refractivity contribution in [3.05, 3.63) is 35.6 Å². The first-order valence-electron chi connectivity index (χ1n) is 7.18. The molecule has 0 saturated carbocycles. The number of ether oxygens (including phenoxy) is 2. The van der Waals surface area contributed by atoms with E-state index in [-0.39, 0.29) is 25.5 Å². The highest BCUT2D eigenvalue weighted by Gasteiger charge is 2.35. The molecule has 1 aliphatic heterocycles. The highest BCUT2D eigenvalue weighted by molar-refractivity contribution is 5.92. The van der Waals surface area contributed by atoms with Crippen LogP contribution in [0.2, 0.25) is 0 Å². The van der Waals surface area contributed by atoms with Gasteiger partial charge in [-0.3, -0.25) is 0 Å². The fourth-order valence-electron chi connectivity index (χ4n) is 2.20. The zero-order valence-electron chi connectivity index (χ0n) is 13.0. The number of urea groups is 2. The summed E-state index contributed by atoms with van der Waals surface area (Å²) in [4.78, 5) is 24.5. The summed E-state index contributed by atoms with van der Waals surface area (Å²) in [6.07, 6.45) is -0.436. The molecule has 0 radical (unpaired) electrons. The summed E-state index contributed by atoms with van der Waals surface area (Å²) >= 11 is 0. The van der Waals surface area contributed by atoms with Crippen molar-refractivity contribution in [2.45, 2.75) is 32.3 Å². The van der Waals surface area contributed by atoms with Crippen LogP contribution in [0.3, 0.4) is 0 Å². The Bertz CT molecular complexity index is 577. The summed E-state index contributed by atoms with van der Waals surface area (Å²) < 4.78 is 23.8. The van der Waals surface area contributed by atoms with Crippen LogP contribution >= 0.6 is 0 Å². The number of hydrogen-bond acceptors (Lipinski definition) is 4. The van der Waals surface area contributed by atoms with E-state index in [2.05, 4.69) is 5.32 Å². The van der Waals surface area contributed by atoms with E-state index < -0.39 is 24.0 Å². The van der Waals surface area contributed by atoms with Gasteiger partial charge >= 0.3 is 12.1 Å². The summed E-state index contributed by atoms with van der Waals surface area (Å²) in [7, 11) is 0. The van der Waals surface area contributed by atoms with Gasteiger partial charge in [-0.1, -0.05) is 12.1 Å². The summed E-state index contributed by atoms with van der Waals surface area (Å²) in [6, 6.07) is 4.14. The maximum absolute atomic E-state index is 12.8. The molecule has 1 aromatic carbocycles. The van der Waals surface area contributed by atoms with Crippen LogP contribution in [-0.2, 0) is 16.0 Å². The number of imide groups is 1. The number of nitrogens with one attached hydrogen (secondary N) is 1. The lowest BCUT2D eigenvalue weighted by Gasteiger charge is -2.23. The number of halogens is 1. The van der Waals surface area contributed by atoms with Gasteiger partial charge in [-0.2, -0.15) is 0 Å². The van der Waals surface area contributed by atoms with Crippen molar-refractivity contribution in [1.82, 2.24) is 10.2 Å². The van der Waals surface area contributed by atoms with Gasteiger partial charge in [-0.25, -0.2) is 18.9 Å². The molecule has 0 aromatic heterocycles. The standard InChI is InChI=1S/C15H20FN3O4/c1-15(2)22-9-12(23-15)8-19(13(17)20)14(21)18-7-10-3-5-11(16)6-4-10/h3-6,12H,7-9H2,1-2H3,(H2,17,20)(H,18,21)/t12-/m0/s1. The van der Waals surface area contributed by atoms with Gasteiger partial charge in [0.05, 0.1) is 13.2 Å². The average Bonchev–Trinajstić information content (AvgIpc) is 2.82. The second-order valence-electron chi connectivity index (χ2n) is 5.68. The van der Waals surface area contributed by atoms with Crippen molar-refractivity contribution in [1.29, 1.82) is 0 Å². The van der Waals surface area contributed by atoms with Crippen LogP contribution in [0, 0.1) is 5.82 Å². The number of amides is 4. The number of nitrogens with two attached hydrogens (primary N) is 1. The Morgan fingerprint density at radius 3 is 2.57 bits per heavy atom. The summed E-state index contributed by atoms with van der Waals surface area (Å²) in [5.41, 5.74) is 5.95. The second kappa shape index (κ2) is 6.93. The number of carbonyl (C=O) groups excluding carboxylic acids is 2. The minimum absolute atomic E-state index is 0.00594. The molecule has 4 amide bonds. The summed E-state index contributed by atoms with van der Waals surface area (Å²) in [5, 5.41) is 2.56. The highest BCUT2D eigenvalue weighted by Crippen LogP contribution is 2.22. The molecule has 0 spiro atoms.